The molecule has 0 unspecified atom stereocenters. The molecule has 10 nitrogen and oxygen atoms in total. The Hall–Kier alpha value is -3.69. The van der Waals surface area contributed by atoms with Crippen LogP contribution in [0, 0.1) is 6.92 Å². The van der Waals surface area contributed by atoms with Crippen LogP contribution in [0.2, 0.25) is 0 Å². The molecule has 2 aromatic rings. The van der Waals surface area contributed by atoms with Crippen LogP contribution < -0.4 is 15.6 Å². The summed E-state index contributed by atoms with van der Waals surface area (Å²) < 4.78 is 16.0. The molecule has 0 atom stereocenters. The van der Waals surface area contributed by atoms with Gasteiger partial charge in [0.1, 0.15) is 6.54 Å². The van der Waals surface area contributed by atoms with E-state index in [0.717, 1.165) is 16.3 Å². The van der Waals surface area contributed by atoms with Gasteiger partial charge in [-0.3, -0.25) is 14.4 Å². The van der Waals surface area contributed by atoms with E-state index in [-0.39, 0.29) is 31.2 Å². The summed E-state index contributed by atoms with van der Waals surface area (Å²) in [5, 5.41) is 6.38. The summed E-state index contributed by atoms with van der Waals surface area (Å²) in [5.41, 5.74) is 0.630. The number of nitrogens with zero attached hydrogens (tertiary/aromatic N) is 2. The summed E-state index contributed by atoms with van der Waals surface area (Å²) in [6, 6.07) is 8.01. The quantitative estimate of drug-likeness (QED) is 0.593. The molecule has 0 aliphatic rings. The standard InChI is InChI=1S/C20H23N3O7/c1-4-28-18(26)11-21-16(24)12-30-15-10-17(25)23(14-8-6-13(3)7-9-14)22-19(15)20(27)29-5-2/h6-10H,4-5,11-12H2,1-3H3,(H,21,24). The van der Waals surface area contributed by atoms with E-state index in [9.17, 15) is 19.2 Å². The molecule has 0 spiro atoms. The van der Waals surface area contributed by atoms with E-state index in [2.05, 4.69) is 10.4 Å². The largest absolute Gasteiger partial charge is 0.481 e. The summed E-state index contributed by atoms with van der Waals surface area (Å²) in [5.74, 6) is -2.24. The van der Waals surface area contributed by atoms with Gasteiger partial charge in [0, 0.05) is 0 Å². The van der Waals surface area contributed by atoms with Gasteiger partial charge < -0.3 is 19.5 Å². The number of hydrogen-bond acceptors (Lipinski definition) is 8. The molecule has 0 radical (unpaired) electrons. The van der Waals surface area contributed by atoms with Gasteiger partial charge in [-0.05, 0) is 32.9 Å². The Morgan fingerprint density at radius 3 is 2.37 bits per heavy atom. The molecule has 30 heavy (non-hydrogen) atoms. The van der Waals surface area contributed by atoms with E-state index >= 15 is 0 Å². The summed E-state index contributed by atoms with van der Waals surface area (Å²) in [7, 11) is 0. The number of benzene rings is 1. The molecule has 1 aromatic heterocycles. The summed E-state index contributed by atoms with van der Waals surface area (Å²) in [4.78, 5) is 48.0. The lowest BCUT2D eigenvalue weighted by Gasteiger charge is -2.12. The topological polar surface area (TPSA) is 126 Å². The van der Waals surface area contributed by atoms with E-state index in [1.165, 1.54) is 0 Å². The van der Waals surface area contributed by atoms with Gasteiger partial charge in [0.05, 0.1) is 25.0 Å². The predicted molar refractivity (Wildman–Crippen MR) is 106 cm³/mol. The van der Waals surface area contributed by atoms with Crippen molar-refractivity contribution in [1.82, 2.24) is 15.1 Å². The number of rotatable bonds is 9. The molecule has 0 aliphatic heterocycles. The molecule has 1 amide bonds. The Morgan fingerprint density at radius 1 is 1.07 bits per heavy atom. The minimum Gasteiger partial charge on any atom is -0.481 e. The van der Waals surface area contributed by atoms with Crippen molar-refractivity contribution in [2.75, 3.05) is 26.4 Å². The van der Waals surface area contributed by atoms with Crippen LogP contribution in [0.1, 0.15) is 29.9 Å². The number of aromatic nitrogens is 2. The van der Waals surface area contributed by atoms with Crippen molar-refractivity contribution in [3.05, 3.63) is 51.9 Å². The van der Waals surface area contributed by atoms with Gasteiger partial charge in [0.25, 0.3) is 11.5 Å². The van der Waals surface area contributed by atoms with Crippen molar-refractivity contribution in [3.63, 3.8) is 0 Å². The maximum atomic E-state index is 12.5. The lowest BCUT2D eigenvalue weighted by atomic mass is 10.2. The molecule has 1 aromatic carbocycles. The maximum absolute atomic E-state index is 12.5. The number of carbonyl (C=O) groups excluding carboxylic acids is 3. The molecule has 0 saturated carbocycles. The lowest BCUT2D eigenvalue weighted by molar-refractivity contribution is -0.143. The zero-order valence-electron chi connectivity index (χ0n) is 17.0. The lowest BCUT2D eigenvalue weighted by Crippen LogP contribution is -2.34. The Balaban J connectivity index is 2.23. The third kappa shape index (κ3) is 6.16. The van der Waals surface area contributed by atoms with Crippen LogP contribution >= 0.6 is 0 Å². The molecule has 2 rings (SSSR count). The van der Waals surface area contributed by atoms with Gasteiger partial charge in [-0.15, -0.1) is 0 Å². The number of esters is 2. The Labute approximate surface area is 172 Å². The summed E-state index contributed by atoms with van der Waals surface area (Å²) in [6.07, 6.45) is 0. The monoisotopic (exact) mass is 417 g/mol. The van der Waals surface area contributed by atoms with Crippen molar-refractivity contribution in [1.29, 1.82) is 0 Å². The van der Waals surface area contributed by atoms with Crippen molar-refractivity contribution in [2.24, 2.45) is 0 Å². The van der Waals surface area contributed by atoms with E-state index in [1.807, 2.05) is 6.92 Å². The Morgan fingerprint density at radius 2 is 1.73 bits per heavy atom. The van der Waals surface area contributed by atoms with Crippen LogP contribution in [0.5, 0.6) is 5.75 Å². The number of amides is 1. The second-order valence-corrected chi connectivity index (χ2v) is 6.03. The Bertz CT molecular complexity index is 967. The van der Waals surface area contributed by atoms with Crippen LogP contribution in [-0.4, -0.2) is 54.0 Å². The van der Waals surface area contributed by atoms with Gasteiger partial charge in [-0.25, -0.2) is 4.79 Å². The van der Waals surface area contributed by atoms with E-state index in [1.54, 1.807) is 38.1 Å². The first-order valence-corrected chi connectivity index (χ1v) is 9.29. The predicted octanol–water partition coefficient (Wildman–Crippen LogP) is 0.776. The van der Waals surface area contributed by atoms with Crippen LogP contribution in [-0.2, 0) is 19.1 Å². The molecule has 0 bridgehead atoms. The SMILES string of the molecule is CCOC(=O)CNC(=O)COc1cc(=O)n(-c2ccc(C)cc2)nc1C(=O)OCC. The zero-order valence-corrected chi connectivity index (χ0v) is 17.0. The third-order valence-electron chi connectivity index (χ3n) is 3.74. The van der Waals surface area contributed by atoms with E-state index in [0.29, 0.717) is 5.69 Å². The van der Waals surface area contributed by atoms with Crippen molar-refractivity contribution >= 4 is 17.8 Å². The molecular formula is C20H23N3O7. The Kier molecular flexibility index (Phi) is 8.09. The van der Waals surface area contributed by atoms with Gasteiger partial charge >= 0.3 is 11.9 Å². The molecular weight excluding hydrogens is 394 g/mol. The minimum absolute atomic E-state index is 0.0869. The second kappa shape index (κ2) is 10.7. The average Bonchev–Trinajstić information content (AvgIpc) is 2.72. The molecule has 160 valence electrons. The van der Waals surface area contributed by atoms with Crippen molar-refractivity contribution in [3.8, 4) is 11.4 Å². The normalized spacial score (nSPS) is 10.2. The van der Waals surface area contributed by atoms with Gasteiger partial charge in [0.15, 0.2) is 12.4 Å². The highest BCUT2D eigenvalue weighted by molar-refractivity contribution is 5.90. The maximum Gasteiger partial charge on any atom is 0.362 e. The molecule has 0 aliphatic carbocycles. The van der Waals surface area contributed by atoms with Crippen LogP contribution in [0.15, 0.2) is 35.1 Å². The first-order valence-electron chi connectivity index (χ1n) is 9.29. The third-order valence-corrected chi connectivity index (χ3v) is 3.74. The van der Waals surface area contributed by atoms with Crippen LogP contribution in [0.25, 0.3) is 5.69 Å². The highest BCUT2D eigenvalue weighted by Gasteiger charge is 2.20. The molecule has 0 fully saturated rings. The minimum atomic E-state index is -0.805. The van der Waals surface area contributed by atoms with Gasteiger partial charge in [-0.1, -0.05) is 17.7 Å². The zero-order chi connectivity index (χ0) is 22.1. The molecule has 10 heteroatoms. The second-order valence-electron chi connectivity index (χ2n) is 6.03. The van der Waals surface area contributed by atoms with Gasteiger partial charge in [0.2, 0.25) is 5.69 Å². The number of carbonyl (C=O) groups is 3. The fraction of sp³-hybridized carbons (Fsp3) is 0.350. The van der Waals surface area contributed by atoms with Crippen LogP contribution in [0.4, 0.5) is 0 Å². The van der Waals surface area contributed by atoms with E-state index in [4.69, 9.17) is 14.2 Å². The molecule has 0 saturated heterocycles. The fourth-order valence-corrected chi connectivity index (χ4v) is 2.34. The summed E-state index contributed by atoms with van der Waals surface area (Å²) >= 11 is 0. The molecule has 1 N–H and O–H groups in total. The number of hydrogen-bond donors (Lipinski definition) is 1. The van der Waals surface area contributed by atoms with Crippen molar-refractivity contribution < 1.29 is 28.6 Å². The first-order chi connectivity index (χ1) is 14.3. The van der Waals surface area contributed by atoms with Crippen LogP contribution in [0.3, 0.4) is 0 Å². The smallest absolute Gasteiger partial charge is 0.362 e. The fourth-order valence-electron chi connectivity index (χ4n) is 2.34. The number of nitrogens with one attached hydrogen (secondary N) is 1. The van der Waals surface area contributed by atoms with E-state index < -0.39 is 30.0 Å². The van der Waals surface area contributed by atoms with Crippen molar-refractivity contribution in [2.45, 2.75) is 20.8 Å². The number of ether oxygens (including phenoxy) is 3. The summed E-state index contributed by atoms with van der Waals surface area (Å²) in [6.45, 7) is 4.58. The highest BCUT2D eigenvalue weighted by atomic mass is 16.5. The molecule has 1 heterocycles. The first kappa shape index (κ1) is 22.6. The number of aryl methyl sites for hydroxylation is 1. The average molecular weight is 417 g/mol. The highest BCUT2D eigenvalue weighted by Crippen LogP contribution is 2.16. The van der Waals surface area contributed by atoms with Gasteiger partial charge in [-0.2, -0.15) is 9.78 Å².